The van der Waals surface area contributed by atoms with Crippen molar-refractivity contribution >= 4 is 37.3 Å². The molecule has 0 aliphatic carbocycles. The topological polar surface area (TPSA) is 53.5 Å². The Balaban J connectivity index is 1.76. The summed E-state index contributed by atoms with van der Waals surface area (Å²) in [6.45, 7) is 1.68. The zero-order valence-corrected chi connectivity index (χ0v) is 13.8. The fourth-order valence-corrected chi connectivity index (χ4v) is 4.37. The molecule has 0 amide bonds. The van der Waals surface area contributed by atoms with Crippen LogP contribution in [0.3, 0.4) is 0 Å². The Bertz CT molecular complexity index is 734. The summed E-state index contributed by atoms with van der Waals surface area (Å²) in [5, 5.41) is 3.28. The highest BCUT2D eigenvalue weighted by Crippen LogP contribution is 2.30. The van der Waals surface area contributed by atoms with Crippen LogP contribution in [0.15, 0.2) is 23.7 Å². The first-order chi connectivity index (χ1) is 9.97. The molecule has 1 aliphatic heterocycles. The van der Waals surface area contributed by atoms with E-state index in [0.29, 0.717) is 0 Å². The van der Waals surface area contributed by atoms with Gasteiger partial charge in [-0.1, -0.05) is 0 Å². The second-order valence-corrected chi connectivity index (χ2v) is 8.45. The maximum Gasteiger partial charge on any atom is 0.211 e. The van der Waals surface area contributed by atoms with Crippen LogP contribution in [0.2, 0.25) is 0 Å². The number of anilines is 1. The van der Waals surface area contributed by atoms with Crippen molar-refractivity contribution in [3.05, 3.63) is 23.7 Å². The number of pyridine rings is 1. The predicted octanol–water partition coefficient (Wildman–Crippen LogP) is 2.16. The van der Waals surface area contributed by atoms with Gasteiger partial charge in [-0.25, -0.2) is 17.7 Å². The summed E-state index contributed by atoms with van der Waals surface area (Å²) in [5.74, 6) is 1.02. The molecule has 1 saturated heterocycles. The first-order valence-corrected chi connectivity index (χ1v) is 9.70. The van der Waals surface area contributed by atoms with Gasteiger partial charge in [-0.15, -0.1) is 11.3 Å². The molecule has 7 heteroatoms. The lowest BCUT2D eigenvalue weighted by Gasteiger charge is -2.36. The van der Waals surface area contributed by atoms with Gasteiger partial charge in [0.05, 0.1) is 6.26 Å². The lowest BCUT2D eigenvalue weighted by Crippen LogP contribution is -2.45. The predicted molar refractivity (Wildman–Crippen MR) is 87.5 cm³/mol. The Morgan fingerprint density at radius 1 is 1.33 bits per heavy atom. The number of rotatable bonds is 3. The van der Waals surface area contributed by atoms with Crippen molar-refractivity contribution < 1.29 is 8.42 Å². The van der Waals surface area contributed by atoms with Gasteiger partial charge in [0.25, 0.3) is 0 Å². The Morgan fingerprint density at radius 3 is 2.71 bits per heavy atom. The Kier molecular flexibility index (Phi) is 3.90. The third kappa shape index (κ3) is 2.90. The third-order valence-corrected chi connectivity index (χ3v) is 6.39. The second-order valence-electron chi connectivity index (χ2n) is 5.46. The molecule has 0 atom stereocenters. The monoisotopic (exact) mass is 325 g/mol. The number of piperidine rings is 1. The molecule has 5 nitrogen and oxygen atoms in total. The van der Waals surface area contributed by atoms with Crippen molar-refractivity contribution in [1.82, 2.24) is 9.29 Å². The van der Waals surface area contributed by atoms with Crippen LogP contribution in [-0.4, -0.2) is 50.1 Å². The molecule has 2 aromatic heterocycles. The summed E-state index contributed by atoms with van der Waals surface area (Å²) in [5.41, 5.74) is 0. The molecule has 114 valence electrons. The Labute approximate surface area is 129 Å². The molecular formula is C14H19N3O2S2. The van der Waals surface area contributed by atoms with Crippen molar-refractivity contribution in [1.29, 1.82) is 0 Å². The summed E-state index contributed by atoms with van der Waals surface area (Å²) < 4.78 is 26.0. The highest BCUT2D eigenvalue weighted by atomic mass is 32.2. The van der Waals surface area contributed by atoms with Crippen LogP contribution in [0.25, 0.3) is 10.1 Å². The van der Waals surface area contributed by atoms with Gasteiger partial charge in [0.15, 0.2) is 0 Å². The second kappa shape index (κ2) is 5.55. The number of nitrogens with zero attached hydrogens (tertiary/aromatic N) is 3. The highest BCUT2D eigenvalue weighted by molar-refractivity contribution is 7.88. The van der Waals surface area contributed by atoms with Gasteiger partial charge in [-0.05, 0) is 30.4 Å². The molecule has 2 aromatic rings. The first-order valence-electron chi connectivity index (χ1n) is 6.97. The molecule has 0 spiro atoms. The van der Waals surface area contributed by atoms with Crippen LogP contribution in [-0.2, 0) is 10.0 Å². The summed E-state index contributed by atoms with van der Waals surface area (Å²) in [4.78, 5) is 6.79. The Morgan fingerprint density at radius 2 is 2.05 bits per heavy atom. The number of thiophene rings is 1. The lowest BCUT2D eigenvalue weighted by molar-refractivity contribution is 0.313. The van der Waals surface area contributed by atoms with Gasteiger partial charge < -0.3 is 4.90 Å². The third-order valence-electron chi connectivity index (χ3n) is 4.16. The fraction of sp³-hybridized carbons (Fsp3) is 0.500. The van der Waals surface area contributed by atoms with E-state index in [2.05, 4.69) is 21.3 Å². The van der Waals surface area contributed by atoms with E-state index in [0.717, 1.165) is 31.7 Å². The van der Waals surface area contributed by atoms with Gasteiger partial charge in [-0.2, -0.15) is 0 Å². The molecular weight excluding hydrogens is 306 g/mol. The molecule has 3 heterocycles. The van der Waals surface area contributed by atoms with E-state index in [1.807, 2.05) is 12.3 Å². The molecule has 1 aliphatic rings. The highest BCUT2D eigenvalue weighted by Gasteiger charge is 2.28. The molecule has 0 N–H and O–H groups in total. The molecule has 0 aromatic carbocycles. The van der Waals surface area contributed by atoms with Crippen LogP contribution < -0.4 is 4.90 Å². The number of hydrogen-bond acceptors (Lipinski definition) is 5. The summed E-state index contributed by atoms with van der Waals surface area (Å²) in [6, 6.07) is 4.24. The minimum atomic E-state index is -3.11. The first kappa shape index (κ1) is 14.7. The molecule has 0 bridgehead atoms. The maximum atomic E-state index is 11.6. The van der Waals surface area contributed by atoms with E-state index in [1.54, 1.807) is 18.4 Å². The van der Waals surface area contributed by atoms with Crippen molar-refractivity contribution in [3.63, 3.8) is 0 Å². The number of sulfonamides is 1. The molecule has 0 radical (unpaired) electrons. The van der Waals surface area contributed by atoms with Crippen molar-refractivity contribution in [2.45, 2.75) is 18.9 Å². The molecule has 21 heavy (non-hydrogen) atoms. The van der Waals surface area contributed by atoms with E-state index < -0.39 is 10.0 Å². The van der Waals surface area contributed by atoms with Crippen molar-refractivity contribution in [3.8, 4) is 0 Å². The minimum absolute atomic E-state index is 0.0953. The Hall–Kier alpha value is -1.18. The zero-order valence-electron chi connectivity index (χ0n) is 12.2. The molecule has 3 rings (SSSR count). The van der Waals surface area contributed by atoms with E-state index in [9.17, 15) is 8.42 Å². The standard InChI is InChI=1S/C14H19N3O2S2/c1-16(21(2,18)19)11-4-8-17(9-5-11)14-12-6-10-20-13(12)3-7-15-14/h3,6-7,10-11H,4-5,8-9H2,1-2H3. The average Bonchev–Trinajstić information content (AvgIpc) is 2.94. The van der Waals surface area contributed by atoms with E-state index in [1.165, 1.54) is 20.6 Å². The molecule has 0 saturated carbocycles. The van der Waals surface area contributed by atoms with Crippen LogP contribution in [0.1, 0.15) is 12.8 Å². The van der Waals surface area contributed by atoms with Crippen molar-refractivity contribution in [2.24, 2.45) is 0 Å². The van der Waals surface area contributed by atoms with E-state index >= 15 is 0 Å². The quantitative estimate of drug-likeness (QED) is 0.868. The van der Waals surface area contributed by atoms with E-state index in [4.69, 9.17) is 0 Å². The molecule has 0 unspecified atom stereocenters. The maximum absolute atomic E-state index is 11.6. The van der Waals surface area contributed by atoms with Gasteiger partial charge in [0, 0.05) is 42.5 Å². The largest absolute Gasteiger partial charge is 0.356 e. The van der Waals surface area contributed by atoms with Crippen LogP contribution in [0, 0.1) is 0 Å². The number of fused-ring (bicyclic) bond motifs is 1. The number of aromatic nitrogens is 1. The summed E-state index contributed by atoms with van der Waals surface area (Å²) in [7, 11) is -1.44. The summed E-state index contributed by atoms with van der Waals surface area (Å²) in [6.07, 6.45) is 4.80. The molecule has 1 fully saturated rings. The van der Waals surface area contributed by atoms with Crippen LogP contribution in [0.4, 0.5) is 5.82 Å². The van der Waals surface area contributed by atoms with Crippen LogP contribution >= 0.6 is 11.3 Å². The van der Waals surface area contributed by atoms with Gasteiger partial charge in [-0.3, -0.25) is 0 Å². The van der Waals surface area contributed by atoms with Crippen LogP contribution in [0.5, 0.6) is 0 Å². The SMILES string of the molecule is CN(C1CCN(c2nccc3sccc23)CC1)S(C)(=O)=O. The average molecular weight is 325 g/mol. The smallest absolute Gasteiger partial charge is 0.211 e. The van der Waals surface area contributed by atoms with Gasteiger partial charge in [0.2, 0.25) is 10.0 Å². The minimum Gasteiger partial charge on any atom is -0.356 e. The van der Waals surface area contributed by atoms with Crippen molar-refractivity contribution in [2.75, 3.05) is 31.3 Å². The van der Waals surface area contributed by atoms with Gasteiger partial charge >= 0.3 is 0 Å². The van der Waals surface area contributed by atoms with E-state index in [-0.39, 0.29) is 6.04 Å². The lowest BCUT2D eigenvalue weighted by atomic mass is 10.1. The van der Waals surface area contributed by atoms with Gasteiger partial charge in [0.1, 0.15) is 5.82 Å². The normalized spacial score (nSPS) is 17.8. The zero-order chi connectivity index (χ0) is 15.0. The number of hydrogen-bond donors (Lipinski definition) is 0. The fourth-order valence-electron chi connectivity index (χ4n) is 2.84. The summed E-state index contributed by atoms with van der Waals surface area (Å²) >= 11 is 1.72.